The summed E-state index contributed by atoms with van der Waals surface area (Å²) in [5, 5.41) is 2.91. The number of amides is 2. The van der Waals surface area contributed by atoms with Crippen molar-refractivity contribution in [2.24, 2.45) is 11.8 Å². The first kappa shape index (κ1) is 22.4. The Morgan fingerprint density at radius 3 is 2.63 bits per heavy atom. The number of halogens is 2. The van der Waals surface area contributed by atoms with Crippen LogP contribution in [-0.2, 0) is 9.59 Å². The summed E-state index contributed by atoms with van der Waals surface area (Å²) in [5.41, 5.74) is 0. The van der Waals surface area contributed by atoms with Crippen molar-refractivity contribution in [3.05, 3.63) is 16.6 Å². The van der Waals surface area contributed by atoms with Crippen molar-refractivity contribution in [1.29, 1.82) is 0 Å². The van der Waals surface area contributed by atoms with E-state index in [1.807, 2.05) is 31.1 Å². The lowest BCUT2D eigenvalue weighted by molar-refractivity contribution is -0.147. The van der Waals surface area contributed by atoms with E-state index in [9.17, 15) is 9.59 Å². The van der Waals surface area contributed by atoms with Gasteiger partial charge in [0.25, 0.3) is 0 Å². The minimum Gasteiger partial charge on any atom is -0.333 e. The maximum atomic E-state index is 13.5. The first-order valence-corrected chi connectivity index (χ1v) is 11.3. The fourth-order valence-corrected chi connectivity index (χ4v) is 4.50. The zero-order valence-electron chi connectivity index (χ0n) is 16.4. The molecule has 1 aliphatic rings. The van der Waals surface area contributed by atoms with Crippen LogP contribution in [0.3, 0.4) is 0 Å². The predicted octanol–water partition coefficient (Wildman–Crippen LogP) is 4.51. The van der Waals surface area contributed by atoms with Gasteiger partial charge in [0.15, 0.2) is 0 Å². The van der Waals surface area contributed by atoms with Crippen LogP contribution < -0.4 is 0 Å². The molecule has 1 saturated heterocycles. The minimum absolute atomic E-state index is 0.0128. The molecule has 4 atom stereocenters. The van der Waals surface area contributed by atoms with E-state index in [2.05, 4.69) is 4.98 Å². The van der Waals surface area contributed by atoms with Crippen molar-refractivity contribution in [1.82, 2.24) is 14.8 Å². The topological polar surface area (TPSA) is 53.5 Å². The number of likely N-dealkylation sites (N-methyl/N-ethyl adjacent to an activating group) is 1. The molecular formula is C19H29Cl2N3O2S. The molecule has 1 aliphatic heterocycles. The molecule has 0 N–H and O–H groups in total. The molecule has 2 amide bonds. The van der Waals surface area contributed by atoms with Crippen LogP contribution in [0.4, 0.5) is 0 Å². The van der Waals surface area contributed by atoms with Crippen molar-refractivity contribution in [2.75, 3.05) is 13.6 Å². The Labute approximate surface area is 176 Å². The quantitative estimate of drug-likeness (QED) is 0.566. The smallest absolute Gasteiger partial charge is 0.246 e. The summed E-state index contributed by atoms with van der Waals surface area (Å²) < 4.78 is 0. The van der Waals surface area contributed by atoms with Crippen LogP contribution in [0.2, 0.25) is 0 Å². The second-order valence-corrected chi connectivity index (χ2v) is 9.50. The van der Waals surface area contributed by atoms with Crippen molar-refractivity contribution in [3.8, 4) is 0 Å². The Bertz CT molecular complexity index is 626. The second kappa shape index (κ2) is 10.1. The van der Waals surface area contributed by atoms with Gasteiger partial charge in [-0.25, -0.2) is 4.98 Å². The zero-order valence-corrected chi connectivity index (χ0v) is 18.7. The highest BCUT2D eigenvalue weighted by Crippen LogP contribution is 2.35. The van der Waals surface area contributed by atoms with E-state index in [1.165, 1.54) is 0 Å². The van der Waals surface area contributed by atoms with Gasteiger partial charge in [-0.2, -0.15) is 0 Å². The highest BCUT2D eigenvalue weighted by Gasteiger charge is 2.40. The number of likely N-dealkylation sites (tertiary alicyclic amines) is 1. The summed E-state index contributed by atoms with van der Waals surface area (Å²) in [5.74, 6) is -0.191. The van der Waals surface area contributed by atoms with E-state index in [1.54, 1.807) is 29.5 Å². The van der Waals surface area contributed by atoms with Crippen molar-refractivity contribution in [2.45, 2.75) is 63.4 Å². The van der Waals surface area contributed by atoms with E-state index in [0.29, 0.717) is 6.54 Å². The molecule has 0 aromatic carbocycles. The van der Waals surface area contributed by atoms with Gasteiger partial charge in [-0.3, -0.25) is 9.59 Å². The number of aromatic nitrogens is 1. The van der Waals surface area contributed by atoms with Gasteiger partial charge in [0, 0.05) is 31.6 Å². The Hall–Kier alpha value is -0.850. The molecule has 8 heteroatoms. The Morgan fingerprint density at radius 1 is 1.37 bits per heavy atom. The van der Waals surface area contributed by atoms with E-state index in [4.69, 9.17) is 23.2 Å². The predicted molar refractivity (Wildman–Crippen MR) is 111 cm³/mol. The summed E-state index contributed by atoms with van der Waals surface area (Å²) in [4.78, 5) is 33.6. The SMILES string of the molecule is CC[C@@H](C)[C@H](C(=O)N1CCC[C@H]1c1nccs1)N(C)C(=O)C[C@H](C)C(Cl)Cl. The number of rotatable bonds is 8. The lowest BCUT2D eigenvalue weighted by atomic mass is 9.95. The number of hydrogen-bond donors (Lipinski definition) is 0. The molecule has 0 spiro atoms. The number of thiazole rings is 1. The highest BCUT2D eigenvalue weighted by atomic mass is 35.5. The van der Waals surface area contributed by atoms with Crippen LogP contribution in [-0.4, -0.2) is 51.1 Å². The molecule has 0 unspecified atom stereocenters. The molecule has 0 saturated carbocycles. The lowest BCUT2D eigenvalue weighted by Gasteiger charge is -2.36. The molecule has 0 radical (unpaired) electrons. The van der Waals surface area contributed by atoms with E-state index < -0.39 is 10.9 Å². The minimum atomic E-state index is -0.604. The number of alkyl halides is 2. The first-order chi connectivity index (χ1) is 12.8. The van der Waals surface area contributed by atoms with Crippen molar-refractivity contribution >= 4 is 46.4 Å². The molecule has 1 aromatic rings. The molecule has 27 heavy (non-hydrogen) atoms. The number of carbonyl (C=O) groups is 2. The summed E-state index contributed by atoms with van der Waals surface area (Å²) in [6, 6.07) is -0.471. The molecule has 0 bridgehead atoms. The van der Waals surface area contributed by atoms with E-state index >= 15 is 0 Å². The third kappa shape index (κ3) is 5.36. The highest BCUT2D eigenvalue weighted by molar-refractivity contribution is 7.09. The summed E-state index contributed by atoms with van der Waals surface area (Å²) in [6.07, 6.45) is 4.69. The number of hydrogen-bond acceptors (Lipinski definition) is 4. The Balaban J connectivity index is 2.19. The van der Waals surface area contributed by atoms with Crippen molar-refractivity contribution in [3.63, 3.8) is 0 Å². The Morgan fingerprint density at radius 2 is 2.07 bits per heavy atom. The van der Waals surface area contributed by atoms with Crippen LogP contribution in [0.5, 0.6) is 0 Å². The average molecular weight is 434 g/mol. The van der Waals surface area contributed by atoms with E-state index in [0.717, 1.165) is 24.3 Å². The third-order valence-electron chi connectivity index (χ3n) is 5.45. The molecule has 152 valence electrons. The van der Waals surface area contributed by atoms with Gasteiger partial charge in [-0.1, -0.05) is 27.2 Å². The fraction of sp³-hybridized carbons (Fsp3) is 0.737. The molecule has 0 aliphatic carbocycles. The maximum absolute atomic E-state index is 13.5. The number of carbonyl (C=O) groups excluding carboxylic acids is 2. The summed E-state index contributed by atoms with van der Waals surface area (Å²) in [6.45, 7) is 6.62. The average Bonchev–Trinajstić information content (AvgIpc) is 3.31. The number of nitrogens with zero attached hydrogens (tertiary/aromatic N) is 3. The molecule has 1 aromatic heterocycles. The van der Waals surface area contributed by atoms with Gasteiger partial charge in [0.05, 0.1) is 6.04 Å². The molecule has 2 heterocycles. The second-order valence-electron chi connectivity index (χ2n) is 7.41. The molecule has 2 rings (SSSR count). The standard InChI is InChI=1S/C19H29Cl2N3O2S/c1-5-12(2)16(23(4)15(25)11-13(3)17(20)21)19(26)24-9-6-7-14(24)18-22-8-10-27-18/h8,10,12-14,16-17H,5-7,9,11H2,1-4H3/t12-,13+,14+,16-/m1/s1. The normalized spacial score (nSPS) is 20.6. The van der Waals surface area contributed by atoms with E-state index in [-0.39, 0.29) is 36.1 Å². The molecule has 5 nitrogen and oxygen atoms in total. The van der Waals surface area contributed by atoms with Crippen LogP contribution in [0.1, 0.15) is 57.5 Å². The van der Waals surface area contributed by atoms with Gasteiger partial charge in [0.1, 0.15) is 15.9 Å². The molecular weight excluding hydrogens is 405 g/mol. The third-order valence-corrected chi connectivity index (χ3v) is 7.18. The van der Waals surface area contributed by atoms with Gasteiger partial charge < -0.3 is 9.80 Å². The van der Waals surface area contributed by atoms with Crippen LogP contribution in [0.25, 0.3) is 0 Å². The first-order valence-electron chi connectivity index (χ1n) is 9.51. The van der Waals surface area contributed by atoms with Crippen LogP contribution in [0, 0.1) is 11.8 Å². The van der Waals surface area contributed by atoms with Crippen molar-refractivity contribution < 1.29 is 9.59 Å². The van der Waals surface area contributed by atoms with Crippen LogP contribution >= 0.6 is 34.5 Å². The van der Waals surface area contributed by atoms with Gasteiger partial charge in [-0.05, 0) is 24.7 Å². The Kier molecular flexibility index (Phi) is 8.38. The fourth-order valence-electron chi connectivity index (χ4n) is 3.53. The summed E-state index contributed by atoms with van der Waals surface area (Å²) in [7, 11) is 1.72. The van der Waals surface area contributed by atoms with Gasteiger partial charge in [-0.15, -0.1) is 34.5 Å². The molecule has 1 fully saturated rings. The van der Waals surface area contributed by atoms with Crippen LogP contribution in [0.15, 0.2) is 11.6 Å². The van der Waals surface area contributed by atoms with Gasteiger partial charge >= 0.3 is 0 Å². The monoisotopic (exact) mass is 433 g/mol. The zero-order chi connectivity index (χ0) is 20.1. The lowest BCUT2D eigenvalue weighted by Crippen LogP contribution is -2.52. The summed E-state index contributed by atoms with van der Waals surface area (Å²) >= 11 is 13.4. The van der Waals surface area contributed by atoms with Gasteiger partial charge in [0.2, 0.25) is 11.8 Å². The maximum Gasteiger partial charge on any atom is 0.246 e. The largest absolute Gasteiger partial charge is 0.333 e.